The summed E-state index contributed by atoms with van der Waals surface area (Å²) in [5.41, 5.74) is 0.733. The Balaban J connectivity index is 2.61. The number of rotatable bonds is 4. The Bertz CT molecular complexity index is 192. The second kappa shape index (κ2) is 4.94. The lowest BCUT2D eigenvalue weighted by Gasteiger charge is -2.40. The number of hydrogen-bond donors (Lipinski definition) is 1. The fourth-order valence-corrected chi connectivity index (χ4v) is 2.34. The van der Waals surface area contributed by atoms with Crippen molar-refractivity contribution in [1.29, 1.82) is 0 Å². The van der Waals surface area contributed by atoms with Crippen molar-refractivity contribution in [3.63, 3.8) is 0 Å². The van der Waals surface area contributed by atoms with Crippen LogP contribution in [0.25, 0.3) is 0 Å². The van der Waals surface area contributed by atoms with Crippen LogP contribution < -0.4 is 0 Å². The maximum atomic E-state index is 10.1. The van der Waals surface area contributed by atoms with Crippen LogP contribution in [0.4, 0.5) is 0 Å². The molecule has 0 aromatic heterocycles. The predicted molar refractivity (Wildman–Crippen MR) is 58.3 cm³/mol. The molecule has 1 unspecified atom stereocenters. The lowest BCUT2D eigenvalue weighted by molar-refractivity contribution is -0.122. The van der Waals surface area contributed by atoms with Crippen LogP contribution in [0.5, 0.6) is 0 Å². The summed E-state index contributed by atoms with van der Waals surface area (Å²) in [7, 11) is 1.72. The molecule has 0 aromatic rings. The molecular formula is C12H22O2. The summed E-state index contributed by atoms with van der Waals surface area (Å²) in [6.45, 7) is 5.79. The molecule has 1 atom stereocenters. The van der Waals surface area contributed by atoms with Crippen molar-refractivity contribution < 1.29 is 9.84 Å². The number of aliphatic hydroxyl groups excluding tert-OH is 1. The zero-order valence-electron chi connectivity index (χ0n) is 9.38. The summed E-state index contributed by atoms with van der Waals surface area (Å²) in [4.78, 5) is 0. The minimum atomic E-state index is -0.384. The fourth-order valence-electron chi connectivity index (χ4n) is 2.34. The molecular weight excluding hydrogens is 176 g/mol. The third-order valence-corrected chi connectivity index (χ3v) is 3.26. The van der Waals surface area contributed by atoms with Gasteiger partial charge in [0.1, 0.15) is 0 Å². The summed E-state index contributed by atoms with van der Waals surface area (Å²) in [6, 6.07) is 0. The van der Waals surface area contributed by atoms with E-state index in [-0.39, 0.29) is 11.7 Å². The molecule has 1 aliphatic rings. The van der Waals surface area contributed by atoms with Crippen LogP contribution in [0.15, 0.2) is 12.2 Å². The minimum absolute atomic E-state index is 0.294. The van der Waals surface area contributed by atoms with E-state index >= 15 is 0 Å². The van der Waals surface area contributed by atoms with Gasteiger partial charge in [0.2, 0.25) is 0 Å². The molecule has 82 valence electrons. The lowest BCUT2D eigenvalue weighted by Crippen LogP contribution is -2.45. The Hall–Kier alpha value is -0.340. The quantitative estimate of drug-likeness (QED) is 0.704. The van der Waals surface area contributed by atoms with Crippen LogP contribution in [0.3, 0.4) is 0 Å². The molecule has 0 saturated heterocycles. The monoisotopic (exact) mass is 198 g/mol. The van der Waals surface area contributed by atoms with Gasteiger partial charge < -0.3 is 9.84 Å². The molecule has 1 rings (SSSR count). The molecule has 0 bridgehead atoms. The average molecular weight is 198 g/mol. The standard InChI is InChI=1S/C12H22O2/c1-10(2)9-11(13)12(14-3)7-5-4-6-8-12/h11,13H,1,4-9H2,2-3H3. The summed E-state index contributed by atoms with van der Waals surface area (Å²) in [5, 5.41) is 10.1. The SMILES string of the molecule is C=C(C)CC(O)C1(OC)CCCCC1. The molecule has 14 heavy (non-hydrogen) atoms. The van der Waals surface area contributed by atoms with Crippen molar-refractivity contribution in [2.75, 3.05) is 7.11 Å². The molecule has 0 amide bonds. The van der Waals surface area contributed by atoms with Gasteiger partial charge in [0.05, 0.1) is 11.7 Å². The van der Waals surface area contributed by atoms with E-state index in [4.69, 9.17) is 4.74 Å². The van der Waals surface area contributed by atoms with Gasteiger partial charge >= 0.3 is 0 Å². The van der Waals surface area contributed by atoms with Crippen LogP contribution in [0.1, 0.15) is 45.4 Å². The van der Waals surface area contributed by atoms with Crippen LogP contribution in [-0.4, -0.2) is 23.9 Å². The first kappa shape index (κ1) is 11.7. The van der Waals surface area contributed by atoms with E-state index in [1.54, 1.807) is 7.11 Å². The Labute approximate surface area is 87.0 Å². The lowest BCUT2D eigenvalue weighted by atomic mass is 9.79. The van der Waals surface area contributed by atoms with Crippen molar-refractivity contribution in [3.8, 4) is 0 Å². The second-order valence-corrected chi connectivity index (χ2v) is 4.51. The van der Waals surface area contributed by atoms with E-state index in [1.807, 2.05) is 6.92 Å². The highest BCUT2D eigenvalue weighted by Gasteiger charge is 2.38. The first-order valence-electron chi connectivity index (χ1n) is 5.48. The van der Waals surface area contributed by atoms with Gasteiger partial charge in [-0.05, 0) is 26.2 Å². The topological polar surface area (TPSA) is 29.5 Å². The Morgan fingerprint density at radius 2 is 2.00 bits per heavy atom. The highest BCUT2D eigenvalue weighted by atomic mass is 16.5. The van der Waals surface area contributed by atoms with Crippen LogP contribution >= 0.6 is 0 Å². The van der Waals surface area contributed by atoms with Gasteiger partial charge in [-0.3, -0.25) is 0 Å². The predicted octanol–water partition coefficient (Wildman–Crippen LogP) is 2.66. The highest BCUT2D eigenvalue weighted by Crippen LogP contribution is 2.35. The largest absolute Gasteiger partial charge is 0.390 e. The van der Waals surface area contributed by atoms with Crippen molar-refractivity contribution in [2.24, 2.45) is 0 Å². The number of methoxy groups -OCH3 is 1. The van der Waals surface area contributed by atoms with Gasteiger partial charge in [-0.25, -0.2) is 0 Å². The van der Waals surface area contributed by atoms with E-state index in [9.17, 15) is 5.11 Å². The molecule has 0 spiro atoms. The van der Waals surface area contributed by atoms with Gasteiger partial charge in [0, 0.05) is 7.11 Å². The smallest absolute Gasteiger partial charge is 0.0939 e. The van der Waals surface area contributed by atoms with Crippen molar-refractivity contribution in [3.05, 3.63) is 12.2 Å². The first-order chi connectivity index (χ1) is 6.60. The van der Waals surface area contributed by atoms with E-state index in [0.29, 0.717) is 6.42 Å². The zero-order chi connectivity index (χ0) is 10.6. The van der Waals surface area contributed by atoms with Gasteiger partial charge in [-0.1, -0.05) is 24.8 Å². The molecule has 1 saturated carbocycles. The van der Waals surface area contributed by atoms with Gasteiger partial charge in [0.15, 0.2) is 0 Å². The molecule has 1 fully saturated rings. The first-order valence-corrected chi connectivity index (χ1v) is 5.48. The molecule has 1 N–H and O–H groups in total. The maximum Gasteiger partial charge on any atom is 0.0939 e. The number of aliphatic hydroxyl groups is 1. The molecule has 2 nitrogen and oxygen atoms in total. The van der Waals surface area contributed by atoms with Crippen LogP contribution in [-0.2, 0) is 4.74 Å². The average Bonchev–Trinajstić information content (AvgIpc) is 2.18. The number of ether oxygens (including phenoxy) is 1. The molecule has 0 aromatic carbocycles. The second-order valence-electron chi connectivity index (χ2n) is 4.51. The Kier molecular flexibility index (Phi) is 4.14. The van der Waals surface area contributed by atoms with Gasteiger partial charge in [-0.2, -0.15) is 0 Å². The fraction of sp³-hybridized carbons (Fsp3) is 0.833. The Morgan fingerprint density at radius 1 is 1.43 bits per heavy atom. The van der Waals surface area contributed by atoms with E-state index < -0.39 is 0 Å². The van der Waals surface area contributed by atoms with E-state index in [1.165, 1.54) is 19.3 Å². The maximum absolute atomic E-state index is 10.1. The third kappa shape index (κ3) is 2.58. The Morgan fingerprint density at radius 3 is 2.43 bits per heavy atom. The normalized spacial score (nSPS) is 23.1. The molecule has 0 heterocycles. The highest BCUT2D eigenvalue weighted by molar-refractivity contribution is 4.99. The summed E-state index contributed by atoms with van der Waals surface area (Å²) >= 11 is 0. The number of hydrogen-bond acceptors (Lipinski definition) is 2. The van der Waals surface area contributed by atoms with Crippen molar-refractivity contribution >= 4 is 0 Å². The zero-order valence-corrected chi connectivity index (χ0v) is 9.38. The summed E-state index contributed by atoms with van der Waals surface area (Å²) in [5.74, 6) is 0. The van der Waals surface area contributed by atoms with Crippen molar-refractivity contribution in [2.45, 2.75) is 57.2 Å². The molecule has 1 aliphatic carbocycles. The molecule has 0 radical (unpaired) electrons. The molecule has 2 heteroatoms. The van der Waals surface area contributed by atoms with E-state index in [2.05, 4.69) is 6.58 Å². The van der Waals surface area contributed by atoms with Crippen LogP contribution in [0, 0.1) is 0 Å². The summed E-state index contributed by atoms with van der Waals surface area (Å²) < 4.78 is 5.55. The third-order valence-electron chi connectivity index (χ3n) is 3.26. The van der Waals surface area contributed by atoms with Crippen molar-refractivity contribution in [1.82, 2.24) is 0 Å². The van der Waals surface area contributed by atoms with Gasteiger partial charge in [-0.15, -0.1) is 6.58 Å². The van der Waals surface area contributed by atoms with Gasteiger partial charge in [0.25, 0.3) is 0 Å². The molecule has 0 aliphatic heterocycles. The minimum Gasteiger partial charge on any atom is -0.390 e. The van der Waals surface area contributed by atoms with E-state index in [0.717, 1.165) is 18.4 Å². The van der Waals surface area contributed by atoms with Crippen LogP contribution in [0.2, 0.25) is 0 Å². The summed E-state index contributed by atoms with van der Waals surface area (Å²) in [6.07, 6.45) is 5.85.